The summed E-state index contributed by atoms with van der Waals surface area (Å²) in [4.78, 5) is 4.06. The van der Waals surface area contributed by atoms with Gasteiger partial charge in [0, 0.05) is 12.1 Å². The second-order valence-corrected chi connectivity index (χ2v) is 4.01. The van der Waals surface area contributed by atoms with Crippen LogP contribution in [0.3, 0.4) is 0 Å². The molecule has 0 unspecified atom stereocenters. The molecule has 0 aliphatic rings. The second-order valence-electron chi connectivity index (χ2n) is 3.29. The molecule has 0 atom stereocenters. The van der Waals surface area contributed by atoms with E-state index in [1.165, 1.54) is 11.3 Å². The lowest BCUT2D eigenvalue weighted by atomic mass is 10.2. The van der Waals surface area contributed by atoms with Crippen molar-refractivity contribution in [2.45, 2.75) is 0 Å². The van der Waals surface area contributed by atoms with Crippen LogP contribution in [0.25, 0.3) is 0 Å². The highest BCUT2D eigenvalue weighted by atomic mass is 32.1. The molecule has 2 rings (SSSR count). The van der Waals surface area contributed by atoms with Crippen molar-refractivity contribution in [3.05, 3.63) is 23.0 Å². The summed E-state index contributed by atoms with van der Waals surface area (Å²) in [5.74, 6) is 2.67. The highest BCUT2D eigenvalue weighted by Gasteiger charge is 2.16. The predicted molar refractivity (Wildman–Crippen MR) is 68.3 cm³/mol. The number of nitrogens with zero attached hydrogens (tertiary/aromatic N) is 1. The third kappa shape index (κ3) is 2.48. The van der Waals surface area contributed by atoms with Gasteiger partial charge in [0.05, 0.1) is 32.2 Å². The van der Waals surface area contributed by atoms with Gasteiger partial charge in [-0.15, -0.1) is 11.3 Å². The quantitative estimate of drug-likeness (QED) is 0.833. The Morgan fingerprint density at radius 1 is 1.00 bits per heavy atom. The summed E-state index contributed by atoms with van der Waals surface area (Å²) < 4.78 is 21.4. The molecule has 0 N–H and O–H groups in total. The van der Waals surface area contributed by atoms with E-state index < -0.39 is 0 Å². The van der Waals surface area contributed by atoms with E-state index in [2.05, 4.69) is 4.98 Å². The van der Waals surface area contributed by atoms with E-state index in [-0.39, 0.29) is 0 Å². The molecule has 1 aromatic heterocycles. The fourth-order valence-corrected chi connectivity index (χ4v) is 1.88. The van der Waals surface area contributed by atoms with Gasteiger partial charge in [0.25, 0.3) is 0 Å². The lowest BCUT2D eigenvalue weighted by Crippen LogP contribution is -1.96. The Kier molecular flexibility index (Phi) is 3.88. The Morgan fingerprint density at radius 3 is 2.11 bits per heavy atom. The number of methoxy groups -OCH3 is 3. The molecule has 5 nitrogen and oxygen atoms in total. The number of aromatic nitrogens is 1. The van der Waals surface area contributed by atoms with Crippen LogP contribution in [0.1, 0.15) is 0 Å². The van der Waals surface area contributed by atoms with Gasteiger partial charge >= 0.3 is 0 Å². The average Bonchev–Trinajstić information content (AvgIpc) is 2.91. The van der Waals surface area contributed by atoms with E-state index >= 15 is 0 Å². The van der Waals surface area contributed by atoms with Crippen molar-refractivity contribution in [2.24, 2.45) is 0 Å². The van der Waals surface area contributed by atoms with E-state index in [9.17, 15) is 0 Å². The summed E-state index contributed by atoms with van der Waals surface area (Å²) in [5.41, 5.74) is 1.69. The van der Waals surface area contributed by atoms with Crippen molar-refractivity contribution < 1.29 is 18.9 Å². The highest BCUT2D eigenvalue weighted by molar-refractivity contribution is 7.07. The van der Waals surface area contributed by atoms with Crippen LogP contribution in [0.5, 0.6) is 28.9 Å². The molecular weight excluding hydrogens is 254 g/mol. The normalized spacial score (nSPS) is 9.94. The summed E-state index contributed by atoms with van der Waals surface area (Å²) in [7, 11) is 4.69. The third-order valence-electron chi connectivity index (χ3n) is 2.29. The van der Waals surface area contributed by atoms with Gasteiger partial charge in [0.15, 0.2) is 11.5 Å². The van der Waals surface area contributed by atoms with E-state index in [1.807, 2.05) is 0 Å². The van der Waals surface area contributed by atoms with E-state index in [1.54, 1.807) is 44.4 Å². The van der Waals surface area contributed by atoms with Gasteiger partial charge in [0.2, 0.25) is 11.6 Å². The van der Waals surface area contributed by atoms with Gasteiger partial charge in [-0.25, -0.2) is 4.98 Å². The maximum Gasteiger partial charge on any atom is 0.230 e. The predicted octanol–water partition coefficient (Wildman–Crippen LogP) is 2.96. The zero-order chi connectivity index (χ0) is 13.0. The Hall–Kier alpha value is -1.95. The molecule has 0 bridgehead atoms. The molecule has 0 aliphatic carbocycles. The van der Waals surface area contributed by atoms with Gasteiger partial charge in [0.1, 0.15) is 5.75 Å². The minimum Gasteiger partial charge on any atom is -0.496 e. The van der Waals surface area contributed by atoms with Crippen LogP contribution in [-0.4, -0.2) is 26.3 Å². The van der Waals surface area contributed by atoms with Crippen LogP contribution >= 0.6 is 11.3 Å². The van der Waals surface area contributed by atoms with E-state index in [0.717, 1.165) is 0 Å². The van der Waals surface area contributed by atoms with Crippen molar-refractivity contribution in [1.29, 1.82) is 0 Å². The molecule has 0 radical (unpaired) electrons. The minimum atomic E-state index is 0.478. The van der Waals surface area contributed by atoms with Crippen molar-refractivity contribution in [3.63, 3.8) is 0 Å². The Bertz CT molecular complexity index is 488. The maximum absolute atomic E-state index is 5.66. The molecular formula is C12H13NO4S. The first-order valence-corrected chi connectivity index (χ1v) is 6.08. The van der Waals surface area contributed by atoms with Crippen LogP contribution in [0.4, 0.5) is 0 Å². The molecule has 0 saturated carbocycles. The molecule has 18 heavy (non-hydrogen) atoms. The lowest BCUT2D eigenvalue weighted by molar-refractivity contribution is 0.334. The average molecular weight is 267 g/mol. The minimum absolute atomic E-state index is 0.478. The van der Waals surface area contributed by atoms with Crippen LogP contribution in [0.2, 0.25) is 0 Å². The molecule has 1 aromatic carbocycles. The Morgan fingerprint density at radius 2 is 1.67 bits per heavy atom. The number of hydrogen-bond acceptors (Lipinski definition) is 6. The molecule has 6 heteroatoms. The van der Waals surface area contributed by atoms with Gasteiger partial charge in [-0.05, 0) is 0 Å². The number of hydrogen-bond donors (Lipinski definition) is 0. The topological polar surface area (TPSA) is 49.8 Å². The Labute approximate surface area is 109 Å². The summed E-state index contributed by atoms with van der Waals surface area (Å²) in [5, 5.41) is 1.79. The van der Waals surface area contributed by atoms with Crippen molar-refractivity contribution in [3.8, 4) is 28.9 Å². The fourth-order valence-electron chi connectivity index (χ4n) is 1.43. The largest absolute Gasteiger partial charge is 0.496 e. The maximum atomic E-state index is 5.66. The first kappa shape index (κ1) is 12.5. The first-order chi connectivity index (χ1) is 8.78. The van der Waals surface area contributed by atoms with Gasteiger partial charge < -0.3 is 18.9 Å². The van der Waals surface area contributed by atoms with Gasteiger partial charge in [-0.2, -0.15) is 0 Å². The summed E-state index contributed by atoms with van der Waals surface area (Å²) >= 11 is 1.45. The second kappa shape index (κ2) is 5.59. The number of thiazole rings is 1. The molecule has 0 spiro atoms. The van der Waals surface area contributed by atoms with Crippen LogP contribution in [0, 0.1) is 0 Å². The number of rotatable bonds is 5. The van der Waals surface area contributed by atoms with Crippen molar-refractivity contribution in [2.75, 3.05) is 21.3 Å². The summed E-state index contributed by atoms with van der Waals surface area (Å²) in [6, 6.07) is 3.45. The van der Waals surface area contributed by atoms with Gasteiger partial charge in [-0.1, -0.05) is 0 Å². The molecule has 1 heterocycles. The van der Waals surface area contributed by atoms with E-state index in [0.29, 0.717) is 28.9 Å². The zero-order valence-corrected chi connectivity index (χ0v) is 11.1. The van der Waals surface area contributed by atoms with E-state index in [4.69, 9.17) is 18.9 Å². The molecule has 96 valence electrons. The highest BCUT2D eigenvalue weighted by Crippen LogP contribution is 2.43. The number of benzene rings is 1. The lowest BCUT2D eigenvalue weighted by Gasteiger charge is -2.14. The van der Waals surface area contributed by atoms with Crippen LogP contribution < -0.4 is 18.9 Å². The number of ether oxygens (including phenoxy) is 4. The third-order valence-corrected chi connectivity index (χ3v) is 2.85. The van der Waals surface area contributed by atoms with Crippen LogP contribution in [-0.2, 0) is 0 Å². The van der Waals surface area contributed by atoms with Gasteiger partial charge in [-0.3, -0.25) is 0 Å². The van der Waals surface area contributed by atoms with Crippen molar-refractivity contribution in [1.82, 2.24) is 4.98 Å². The fraction of sp³-hybridized carbons (Fsp3) is 0.250. The standard InChI is InChI=1S/C12H13NO4S/c1-14-8-4-9(15-2)12(10(5-8)16-3)17-11-6-18-7-13-11/h4-7H,1-3H3. The molecule has 0 saturated heterocycles. The summed E-state index contributed by atoms with van der Waals surface area (Å²) in [6.45, 7) is 0. The molecule has 0 aliphatic heterocycles. The summed E-state index contributed by atoms with van der Waals surface area (Å²) in [6.07, 6.45) is 0. The molecule has 0 fully saturated rings. The smallest absolute Gasteiger partial charge is 0.230 e. The monoisotopic (exact) mass is 267 g/mol. The first-order valence-electron chi connectivity index (χ1n) is 5.14. The van der Waals surface area contributed by atoms with Crippen molar-refractivity contribution >= 4 is 11.3 Å². The van der Waals surface area contributed by atoms with Crippen LogP contribution in [0.15, 0.2) is 23.0 Å². The molecule has 2 aromatic rings. The SMILES string of the molecule is COc1cc(OC)c(Oc2cscn2)c(OC)c1. The molecule has 0 amide bonds. The Balaban J connectivity index is 2.43. The zero-order valence-electron chi connectivity index (χ0n) is 10.3.